The molecule has 39 heavy (non-hydrogen) atoms. The van der Waals surface area contributed by atoms with E-state index in [-0.39, 0.29) is 11.7 Å². The molecule has 1 aromatic rings. The molecule has 1 fully saturated rings. The van der Waals surface area contributed by atoms with Gasteiger partial charge in [0.1, 0.15) is 6.04 Å². The normalized spacial score (nSPS) is 16.2. The zero-order chi connectivity index (χ0) is 29.8. The first-order valence-corrected chi connectivity index (χ1v) is 14.1. The van der Waals surface area contributed by atoms with E-state index in [1.807, 2.05) is 37.4 Å². The molecule has 14 heteroatoms. The Bertz CT molecular complexity index is 990. The fourth-order valence-corrected chi connectivity index (χ4v) is 4.79. The van der Waals surface area contributed by atoms with Crippen LogP contribution < -0.4 is 11.1 Å². The largest absolute Gasteiger partial charge is 0.490 e. The van der Waals surface area contributed by atoms with Crippen molar-refractivity contribution in [3.63, 3.8) is 0 Å². The second-order valence-corrected chi connectivity index (χ2v) is 10.4. The first-order chi connectivity index (χ1) is 18.3. The number of ether oxygens (including phenoxy) is 1. The molecule has 1 saturated heterocycles. The maximum absolute atomic E-state index is 14.2. The molecule has 0 unspecified atom stereocenters. The number of amides is 2. The lowest BCUT2D eigenvalue weighted by Crippen LogP contribution is -2.60. The molecule has 220 valence electrons. The third kappa shape index (κ3) is 10.00. The molecular formula is C25H36F3N3O6S2. The number of carbonyl (C=O) groups is 4. The SMILES string of the molecule is COC(=O)[C@H](CCSC)N(C(=O)[C@@H](N)CS)C(=O)C1(Cc2ccccc2C)CCNCC1.O=C(O)C(F)(F)F. The fourth-order valence-electron chi connectivity index (χ4n) is 4.17. The van der Waals surface area contributed by atoms with E-state index in [9.17, 15) is 27.6 Å². The summed E-state index contributed by atoms with van der Waals surface area (Å²) in [5.41, 5.74) is 7.37. The molecule has 0 saturated carbocycles. The van der Waals surface area contributed by atoms with Crippen LogP contribution in [0.4, 0.5) is 13.2 Å². The number of methoxy groups -OCH3 is 1. The summed E-state index contributed by atoms with van der Waals surface area (Å²) in [5, 5.41) is 10.4. The summed E-state index contributed by atoms with van der Waals surface area (Å²) in [6.45, 7) is 3.34. The number of thiol groups is 1. The van der Waals surface area contributed by atoms with Gasteiger partial charge in [-0.1, -0.05) is 24.3 Å². The van der Waals surface area contributed by atoms with Crippen molar-refractivity contribution in [2.24, 2.45) is 11.1 Å². The lowest BCUT2D eigenvalue weighted by atomic mass is 9.72. The average Bonchev–Trinajstić information content (AvgIpc) is 2.91. The summed E-state index contributed by atoms with van der Waals surface area (Å²) in [6.07, 6.45) is -1.24. The van der Waals surface area contributed by atoms with Crippen LogP contribution in [-0.4, -0.2) is 90.0 Å². The Labute approximate surface area is 235 Å². The Morgan fingerprint density at radius 1 is 1.23 bits per heavy atom. The van der Waals surface area contributed by atoms with Crippen molar-refractivity contribution in [1.29, 1.82) is 0 Å². The number of aliphatic carboxylic acids is 1. The van der Waals surface area contributed by atoms with Crippen molar-refractivity contribution in [2.75, 3.05) is 38.0 Å². The molecule has 2 rings (SSSR count). The highest BCUT2D eigenvalue weighted by molar-refractivity contribution is 7.98. The van der Waals surface area contributed by atoms with E-state index in [1.54, 1.807) is 0 Å². The Morgan fingerprint density at radius 2 is 1.79 bits per heavy atom. The minimum absolute atomic E-state index is 0.0748. The molecule has 4 N–H and O–H groups in total. The summed E-state index contributed by atoms with van der Waals surface area (Å²) in [7, 11) is 1.27. The average molecular weight is 596 g/mol. The van der Waals surface area contributed by atoms with E-state index in [0.717, 1.165) is 16.0 Å². The van der Waals surface area contributed by atoms with Gasteiger partial charge in [-0.3, -0.25) is 14.5 Å². The number of nitrogens with two attached hydrogens (primary N) is 1. The number of nitrogens with zero attached hydrogens (tertiary/aromatic N) is 1. The lowest BCUT2D eigenvalue weighted by molar-refractivity contribution is -0.192. The monoisotopic (exact) mass is 595 g/mol. The molecule has 2 amide bonds. The number of benzene rings is 1. The molecule has 0 aromatic heterocycles. The van der Waals surface area contributed by atoms with Gasteiger partial charge in [-0.15, -0.1) is 0 Å². The van der Waals surface area contributed by atoms with Crippen LogP contribution in [0.25, 0.3) is 0 Å². The summed E-state index contributed by atoms with van der Waals surface area (Å²) >= 11 is 5.70. The topological polar surface area (TPSA) is 139 Å². The van der Waals surface area contributed by atoms with E-state index in [4.69, 9.17) is 20.4 Å². The smallest absolute Gasteiger partial charge is 0.475 e. The molecule has 1 aliphatic heterocycles. The lowest BCUT2D eigenvalue weighted by Gasteiger charge is -2.42. The van der Waals surface area contributed by atoms with Gasteiger partial charge in [0.15, 0.2) is 0 Å². The Morgan fingerprint density at radius 3 is 2.26 bits per heavy atom. The molecule has 1 heterocycles. The van der Waals surface area contributed by atoms with Gasteiger partial charge in [-0.05, 0) is 68.8 Å². The van der Waals surface area contributed by atoms with Crippen LogP contribution in [0.2, 0.25) is 0 Å². The van der Waals surface area contributed by atoms with Crippen molar-refractivity contribution in [3.8, 4) is 0 Å². The third-order valence-corrected chi connectivity index (χ3v) is 7.43. The number of hydrogen-bond donors (Lipinski definition) is 4. The van der Waals surface area contributed by atoms with E-state index in [0.29, 0.717) is 44.5 Å². The number of halogens is 3. The van der Waals surface area contributed by atoms with Gasteiger partial charge >= 0.3 is 18.1 Å². The number of piperidine rings is 1. The first kappa shape index (κ1) is 34.7. The van der Waals surface area contributed by atoms with Gasteiger partial charge in [0, 0.05) is 5.75 Å². The van der Waals surface area contributed by atoms with Gasteiger partial charge in [-0.25, -0.2) is 9.59 Å². The maximum atomic E-state index is 14.2. The molecule has 0 aliphatic carbocycles. The van der Waals surface area contributed by atoms with E-state index in [1.165, 1.54) is 18.9 Å². The van der Waals surface area contributed by atoms with Crippen molar-refractivity contribution in [1.82, 2.24) is 10.2 Å². The summed E-state index contributed by atoms with van der Waals surface area (Å²) in [4.78, 5) is 50.3. The predicted octanol–water partition coefficient (Wildman–Crippen LogP) is 2.45. The number of esters is 1. The number of carboxylic acids is 1. The third-order valence-electron chi connectivity index (χ3n) is 6.40. The summed E-state index contributed by atoms with van der Waals surface area (Å²) in [5.74, 6) is -3.62. The van der Waals surface area contributed by atoms with Crippen LogP contribution in [0.15, 0.2) is 24.3 Å². The molecule has 0 spiro atoms. The second-order valence-electron chi connectivity index (χ2n) is 9.06. The second kappa shape index (κ2) is 16.1. The van der Waals surface area contributed by atoms with Crippen molar-refractivity contribution in [2.45, 2.75) is 50.9 Å². The number of thioether (sulfide) groups is 1. The summed E-state index contributed by atoms with van der Waals surface area (Å²) < 4.78 is 36.7. The first-order valence-electron chi connectivity index (χ1n) is 12.1. The molecular weight excluding hydrogens is 559 g/mol. The Hall–Kier alpha value is -2.29. The minimum atomic E-state index is -5.08. The van der Waals surface area contributed by atoms with Crippen LogP contribution in [0.5, 0.6) is 0 Å². The van der Waals surface area contributed by atoms with Crippen LogP contribution in [0.1, 0.15) is 30.4 Å². The minimum Gasteiger partial charge on any atom is -0.475 e. The van der Waals surface area contributed by atoms with Crippen molar-refractivity contribution < 1.29 is 42.2 Å². The van der Waals surface area contributed by atoms with Crippen LogP contribution in [-0.2, 0) is 30.3 Å². The molecule has 1 aromatic carbocycles. The van der Waals surface area contributed by atoms with Gasteiger partial charge in [0.25, 0.3) is 0 Å². The van der Waals surface area contributed by atoms with Crippen LogP contribution >= 0.6 is 24.4 Å². The number of nitrogens with one attached hydrogen (secondary N) is 1. The number of alkyl halides is 3. The molecule has 0 bridgehead atoms. The molecule has 0 radical (unpaired) electrons. The van der Waals surface area contributed by atoms with Crippen LogP contribution in [0, 0.1) is 12.3 Å². The number of carbonyl (C=O) groups excluding carboxylic acids is 3. The van der Waals surface area contributed by atoms with E-state index < -0.39 is 41.5 Å². The highest BCUT2D eigenvalue weighted by atomic mass is 32.2. The fraction of sp³-hybridized carbons (Fsp3) is 0.600. The standard InChI is InChI=1S/C23H35N3O4S2.C2HF3O2/c1-16-6-4-5-7-17(16)14-23(9-11-25-12-10-23)22(29)26(20(27)18(24)15-31)19(8-13-32-3)21(28)30-2;3-2(4,5)1(6)7/h4-7,18-19,25,31H,8-15,24H2,1-3H3;(H,6,7)/t18-,19-;/m0./s1. The Balaban J connectivity index is 0.000000956. The number of imide groups is 1. The zero-order valence-corrected chi connectivity index (χ0v) is 23.8. The van der Waals surface area contributed by atoms with E-state index in [2.05, 4.69) is 17.9 Å². The predicted molar refractivity (Wildman–Crippen MR) is 146 cm³/mol. The molecule has 1 aliphatic rings. The summed E-state index contributed by atoms with van der Waals surface area (Å²) in [6, 6.07) is 5.96. The highest BCUT2D eigenvalue weighted by Gasteiger charge is 2.48. The van der Waals surface area contributed by atoms with Gasteiger partial charge in [-0.2, -0.15) is 37.6 Å². The quantitative estimate of drug-likeness (QED) is 0.237. The number of aryl methyl sites for hydroxylation is 1. The van der Waals surface area contributed by atoms with Crippen molar-refractivity contribution in [3.05, 3.63) is 35.4 Å². The van der Waals surface area contributed by atoms with E-state index >= 15 is 0 Å². The zero-order valence-electron chi connectivity index (χ0n) is 22.1. The van der Waals surface area contributed by atoms with Crippen LogP contribution in [0.3, 0.4) is 0 Å². The maximum Gasteiger partial charge on any atom is 0.490 e. The number of rotatable bonds is 10. The molecule has 2 atom stereocenters. The van der Waals surface area contributed by atoms with Gasteiger partial charge in [0.05, 0.1) is 18.6 Å². The number of carboxylic acid groups (broad SMARTS) is 1. The van der Waals surface area contributed by atoms with Gasteiger partial charge < -0.3 is 20.9 Å². The molecule has 9 nitrogen and oxygen atoms in total. The Kier molecular flexibility index (Phi) is 14.3. The number of hydrogen-bond acceptors (Lipinski definition) is 9. The highest BCUT2D eigenvalue weighted by Crippen LogP contribution is 2.37. The van der Waals surface area contributed by atoms with Crippen molar-refractivity contribution >= 4 is 48.1 Å². The van der Waals surface area contributed by atoms with Gasteiger partial charge in [0.2, 0.25) is 11.8 Å².